The number of carboxylic acids is 1. The number of ether oxygens (including phenoxy) is 1. The summed E-state index contributed by atoms with van der Waals surface area (Å²) in [6, 6.07) is 5.33. The van der Waals surface area contributed by atoms with Crippen molar-refractivity contribution in [2.24, 2.45) is 5.92 Å². The molecule has 0 atom stereocenters. The summed E-state index contributed by atoms with van der Waals surface area (Å²) in [6.45, 7) is 0.377. The van der Waals surface area contributed by atoms with Crippen LogP contribution in [0.25, 0.3) is 0 Å². The molecular formula is C15H20ClNO4. The van der Waals surface area contributed by atoms with Crippen LogP contribution in [0.15, 0.2) is 18.2 Å². The van der Waals surface area contributed by atoms with E-state index in [2.05, 4.69) is 5.32 Å². The lowest BCUT2D eigenvalue weighted by Crippen LogP contribution is -2.41. The topological polar surface area (TPSA) is 78.8 Å². The summed E-state index contributed by atoms with van der Waals surface area (Å²) >= 11 is 6.05. The number of benzene rings is 1. The molecule has 1 aliphatic rings. The first-order valence-corrected chi connectivity index (χ1v) is 7.34. The van der Waals surface area contributed by atoms with Gasteiger partial charge < -0.3 is 20.3 Å². The minimum absolute atomic E-state index is 0.333. The van der Waals surface area contributed by atoms with Crippen molar-refractivity contribution in [3.63, 3.8) is 0 Å². The smallest absolute Gasteiger partial charge is 0.306 e. The second-order valence-corrected chi connectivity index (χ2v) is 5.95. The zero-order valence-electron chi connectivity index (χ0n) is 11.9. The molecule has 21 heavy (non-hydrogen) atoms. The monoisotopic (exact) mass is 313 g/mol. The van der Waals surface area contributed by atoms with E-state index in [-0.39, 0.29) is 5.92 Å². The number of aliphatic hydroxyl groups is 1. The molecule has 1 aliphatic carbocycles. The van der Waals surface area contributed by atoms with Gasteiger partial charge in [0.15, 0.2) is 0 Å². The molecule has 0 aliphatic heterocycles. The van der Waals surface area contributed by atoms with E-state index in [9.17, 15) is 9.90 Å². The fraction of sp³-hybridized carbons (Fsp3) is 0.533. The average molecular weight is 314 g/mol. The molecule has 0 saturated heterocycles. The number of carboxylic acid groups (broad SMARTS) is 1. The largest absolute Gasteiger partial charge is 0.495 e. The van der Waals surface area contributed by atoms with E-state index >= 15 is 0 Å². The fourth-order valence-corrected chi connectivity index (χ4v) is 2.88. The van der Waals surface area contributed by atoms with Gasteiger partial charge in [0.05, 0.1) is 23.7 Å². The first-order chi connectivity index (χ1) is 9.93. The summed E-state index contributed by atoms with van der Waals surface area (Å²) in [6.07, 6.45) is 2.00. The maximum absolute atomic E-state index is 10.9. The van der Waals surface area contributed by atoms with Crippen LogP contribution in [0.5, 0.6) is 5.75 Å². The first-order valence-electron chi connectivity index (χ1n) is 6.96. The Kier molecular flexibility index (Phi) is 4.96. The Balaban J connectivity index is 1.91. The third-order valence-corrected chi connectivity index (χ3v) is 4.33. The van der Waals surface area contributed by atoms with Crippen molar-refractivity contribution in [2.45, 2.75) is 31.3 Å². The predicted octanol–water partition coefficient (Wildman–Crippen LogP) is 2.77. The number of hydrogen-bond acceptors (Lipinski definition) is 4. The summed E-state index contributed by atoms with van der Waals surface area (Å²) in [7, 11) is 1.55. The van der Waals surface area contributed by atoms with Crippen molar-refractivity contribution in [3.8, 4) is 5.75 Å². The van der Waals surface area contributed by atoms with Crippen molar-refractivity contribution in [3.05, 3.63) is 23.2 Å². The second kappa shape index (κ2) is 6.54. The van der Waals surface area contributed by atoms with Crippen LogP contribution in [0, 0.1) is 5.92 Å². The van der Waals surface area contributed by atoms with E-state index in [4.69, 9.17) is 21.4 Å². The number of anilines is 1. The number of aliphatic carboxylic acids is 1. The van der Waals surface area contributed by atoms with Crippen molar-refractivity contribution in [1.82, 2.24) is 0 Å². The Labute approximate surface area is 128 Å². The number of methoxy groups -OCH3 is 1. The van der Waals surface area contributed by atoms with Gasteiger partial charge in [0.25, 0.3) is 0 Å². The van der Waals surface area contributed by atoms with Crippen molar-refractivity contribution >= 4 is 23.3 Å². The van der Waals surface area contributed by atoms with Gasteiger partial charge in [0.2, 0.25) is 0 Å². The lowest BCUT2D eigenvalue weighted by atomic mass is 9.79. The van der Waals surface area contributed by atoms with Crippen LogP contribution in [0.2, 0.25) is 5.02 Å². The Bertz CT molecular complexity index is 512. The van der Waals surface area contributed by atoms with Crippen LogP contribution < -0.4 is 10.1 Å². The molecule has 1 aromatic carbocycles. The molecular weight excluding hydrogens is 294 g/mol. The molecule has 5 nitrogen and oxygen atoms in total. The van der Waals surface area contributed by atoms with Gasteiger partial charge in [0.1, 0.15) is 5.75 Å². The molecule has 1 aromatic rings. The zero-order valence-corrected chi connectivity index (χ0v) is 12.7. The lowest BCUT2D eigenvalue weighted by molar-refractivity contribution is -0.144. The molecule has 6 heteroatoms. The molecule has 0 heterocycles. The maximum atomic E-state index is 10.9. The Morgan fingerprint density at radius 2 is 2.14 bits per heavy atom. The van der Waals surface area contributed by atoms with Gasteiger partial charge in [-0.05, 0) is 43.9 Å². The van der Waals surface area contributed by atoms with Gasteiger partial charge >= 0.3 is 5.97 Å². The van der Waals surface area contributed by atoms with E-state index in [0.29, 0.717) is 43.0 Å². The second-order valence-electron chi connectivity index (χ2n) is 5.54. The number of carbonyl (C=O) groups is 1. The Hall–Kier alpha value is -1.46. The van der Waals surface area contributed by atoms with Crippen LogP contribution in [0.3, 0.4) is 0 Å². The van der Waals surface area contributed by atoms with Crippen molar-refractivity contribution < 1.29 is 19.7 Å². The molecule has 0 spiro atoms. The van der Waals surface area contributed by atoms with Crippen LogP contribution in [0.1, 0.15) is 25.7 Å². The average Bonchev–Trinajstić information content (AvgIpc) is 2.46. The maximum Gasteiger partial charge on any atom is 0.306 e. The predicted molar refractivity (Wildman–Crippen MR) is 81.0 cm³/mol. The number of rotatable bonds is 5. The molecule has 1 fully saturated rings. The summed E-state index contributed by atoms with van der Waals surface area (Å²) in [4.78, 5) is 10.9. The summed E-state index contributed by atoms with van der Waals surface area (Å²) in [5.74, 6) is -0.504. The molecule has 0 unspecified atom stereocenters. The standard InChI is InChI=1S/C15H20ClNO4/c1-21-13-3-2-11(8-12(13)16)17-9-15(20)6-4-10(5-7-15)14(18)19/h2-3,8,10,17,20H,4-7,9H2,1H3,(H,18,19). The lowest BCUT2D eigenvalue weighted by Gasteiger charge is -2.35. The first kappa shape index (κ1) is 15.9. The van der Waals surface area contributed by atoms with Crippen LogP contribution >= 0.6 is 11.6 Å². The van der Waals surface area contributed by atoms with Gasteiger partial charge in [-0.3, -0.25) is 4.79 Å². The van der Waals surface area contributed by atoms with Crippen LogP contribution in [0.4, 0.5) is 5.69 Å². The van der Waals surface area contributed by atoms with E-state index < -0.39 is 11.6 Å². The molecule has 0 radical (unpaired) electrons. The third-order valence-electron chi connectivity index (χ3n) is 4.04. The number of hydrogen-bond donors (Lipinski definition) is 3. The quantitative estimate of drug-likeness (QED) is 0.779. The number of nitrogens with one attached hydrogen (secondary N) is 1. The van der Waals surface area contributed by atoms with Crippen LogP contribution in [-0.2, 0) is 4.79 Å². The molecule has 1 saturated carbocycles. The Morgan fingerprint density at radius 1 is 1.48 bits per heavy atom. The van der Waals surface area contributed by atoms with E-state index in [1.54, 1.807) is 19.2 Å². The minimum Gasteiger partial charge on any atom is -0.495 e. The Morgan fingerprint density at radius 3 is 2.67 bits per heavy atom. The van der Waals surface area contributed by atoms with Gasteiger partial charge in [-0.25, -0.2) is 0 Å². The van der Waals surface area contributed by atoms with Gasteiger partial charge in [-0.1, -0.05) is 11.6 Å². The van der Waals surface area contributed by atoms with Crippen molar-refractivity contribution in [2.75, 3.05) is 19.0 Å². The van der Waals surface area contributed by atoms with Gasteiger partial charge in [-0.15, -0.1) is 0 Å². The molecule has 0 aromatic heterocycles. The highest BCUT2D eigenvalue weighted by molar-refractivity contribution is 6.32. The minimum atomic E-state index is -0.863. The number of halogens is 1. The van der Waals surface area contributed by atoms with E-state index in [1.165, 1.54) is 0 Å². The zero-order chi connectivity index (χ0) is 15.5. The highest BCUT2D eigenvalue weighted by Gasteiger charge is 2.35. The summed E-state index contributed by atoms with van der Waals surface area (Å²) < 4.78 is 5.08. The third kappa shape index (κ3) is 4.02. The highest BCUT2D eigenvalue weighted by atomic mass is 35.5. The van der Waals surface area contributed by atoms with Gasteiger partial charge in [0, 0.05) is 12.2 Å². The summed E-state index contributed by atoms with van der Waals surface area (Å²) in [5.41, 5.74) is -0.0622. The van der Waals surface area contributed by atoms with E-state index in [0.717, 1.165) is 5.69 Å². The molecule has 116 valence electrons. The van der Waals surface area contributed by atoms with E-state index in [1.807, 2.05) is 6.07 Å². The van der Waals surface area contributed by atoms with Gasteiger partial charge in [-0.2, -0.15) is 0 Å². The summed E-state index contributed by atoms with van der Waals surface area (Å²) in [5, 5.41) is 23.1. The highest BCUT2D eigenvalue weighted by Crippen LogP contribution is 2.33. The normalized spacial score (nSPS) is 25.4. The fourth-order valence-electron chi connectivity index (χ4n) is 2.62. The SMILES string of the molecule is COc1ccc(NCC2(O)CCC(C(=O)O)CC2)cc1Cl. The molecule has 3 N–H and O–H groups in total. The van der Waals surface area contributed by atoms with Crippen molar-refractivity contribution in [1.29, 1.82) is 0 Å². The molecule has 0 bridgehead atoms. The molecule has 0 amide bonds. The van der Waals surface area contributed by atoms with Crippen LogP contribution in [-0.4, -0.2) is 35.4 Å². The molecule has 2 rings (SSSR count).